The van der Waals surface area contributed by atoms with E-state index in [4.69, 9.17) is 0 Å². The van der Waals surface area contributed by atoms with Crippen molar-refractivity contribution >= 4 is 23.2 Å². The molecule has 0 saturated carbocycles. The molecule has 0 spiro atoms. The third-order valence-corrected chi connectivity index (χ3v) is 4.34. The molecule has 0 aromatic carbocycles. The first kappa shape index (κ1) is 14.6. The molecule has 2 heterocycles. The second kappa shape index (κ2) is 6.58. The molecule has 1 unspecified atom stereocenters. The van der Waals surface area contributed by atoms with Crippen LogP contribution >= 0.6 is 11.3 Å². The maximum atomic E-state index is 12.4. The van der Waals surface area contributed by atoms with Crippen molar-refractivity contribution in [2.75, 3.05) is 13.1 Å². The minimum atomic E-state index is -0.265. The number of thiophene rings is 1. The number of piperidine rings is 1. The van der Waals surface area contributed by atoms with Crippen LogP contribution in [0.3, 0.4) is 0 Å². The van der Waals surface area contributed by atoms with Crippen LogP contribution in [0.1, 0.15) is 35.0 Å². The molecule has 106 valence electrons. The normalized spacial score (nSPS) is 18.1. The summed E-state index contributed by atoms with van der Waals surface area (Å²) in [7, 11) is 0. The van der Waals surface area contributed by atoms with E-state index in [-0.39, 0.29) is 17.9 Å². The zero-order valence-electron chi connectivity index (χ0n) is 11.7. The van der Waals surface area contributed by atoms with Crippen LogP contribution in [0.4, 0.5) is 0 Å². The predicted octanol–water partition coefficient (Wildman–Crippen LogP) is 1.80. The van der Waals surface area contributed by atoms with Gasteiger partial charge in [0.2, 0.25) is 0 Å². The van der Waals surface area contributed by atoms with Crippen molar-refractivity contribution in [2.24, 2.45) is 0 Å². The summed E-state index contributed by atoms with van der Waals surface area (Å²) in [5.41, 5.74) is 1.02. The van der Waals surface area contributed by atoms with Crippen LogP contribution in [0.15, 0.2) is 11.4 Å². The molecule has 1 atom stereocenters. The van der Waals surface area contributed by atoms with Crippen LogP contribution in [-0.4, -0.2) is 35.8 Å². The Bertz CT molecular complexity index is 568. The fourth-order valence-corrected chi connectivity index (χ4v) is 3.24. The Kier molecular flexibility index (Phi) is 4.80. The minimum Gasteiger partial charge on any atom is -0.341 e. The minimum absolute atomic E-state index is 0.00122. The molecule has 0 aliphatic carbocycles. The summed E-state index contributed by atoms with van der Waals surface area (Å²) in [6.07, 6.45) is 1.80. The molecule has 1 saturated heterocycles. The van der Waals surface area contributed by atoms with E-state index < -0.39 is 0 Å². The zero-order chi connectivity index (χ0) is 14.5. The SMILES string of the molecule is CC#CC(=O)NC1CCCN(C(=O)c2sccc2C)C1. The number of carbonyl (C=O) groups excluding carboxylic acids is 2. The van der Waals surface area contributed by atoms with Crippen LogP contribution < -0.4 is 5.32 Å². The highest BCUT2D eigenvalue weighted by molar-refractivity contribution is 7.12. The highest BCUT2D eigenvalue weighted by Crippen LogP contribution is 2.20. The molecule has 2 rings (SSSR count). The third kappa shape index (κ3) is 3.40. The van der Waals surface area contributed by atoms with Gasteiger partial charge in [-0.1, -0.05) is 5.92 Å². The molecule has 0 radical (unpaired) electrons. The first-order chi connectivity index (χ1) is 9.61. The quantitative estimate of drug-likeness (QED) is 0.844. The Morgan fingerprint density at radius 3 is 2.95 bits per heavy atom. The Hall–Kier alpha value is -1.80. The van der Waals surface area contributed by atoms with E-state index in [2.05, 4.69) is 17.2 Å². The maximum absolute atomic E-state index is 12.4. The first-order valence-electron chi connectivity index (χ1n) is 6.68. The van der Waals surface area contributed by atoms with Crippen molar-refractivity contribution in [1.82, 2.24) is 10.2 Å². The molecule has 1 N–H and O–H groups in total. The monoisotopic (exact) mass is 290 g/mol. The van der Waals surface area contributed by atoms with E-state index in [1.165, 1.54) is 11.3 Å². The highest BCUT2D eigenvalue weighted by Gasteiger charge is 2.26. The number of rotatable bonds is 2. The number of hydrogen-bond acceptors (Lipinski definition) is 3. The summed E-state index contributed by atoms with van der Waals surface area (Å²) in [6.45, 7) is 4.90. The molecule has 1 fully saturated rings. The summed E-state index contributed by atoms with van der Waals surface area (Å²) in [6, 6.07) is 1.96. The number of nitrogens with one attached hydrogen (secondary N) is 1. The van der Waals surface area contributed by atoms with E-state index in [0.29, 0.717) is 6.54 Å². The van der Waals surface area contributed by atoms with Crippen LogP contribution in [0.25, 0.3) is 0 Å². The summed E-state index contributed by atoms with van der Waals surface area (Å²) in [5, 5.41) is 4.79. The second-order valence-electron chi connectivity index (χ2n) is 4.87. The zero-order valence-corrected chi connectivity index (χ0v) is 12.5. The van der Waals surface area contributed by atoms with Gasteiger partial charge in [0.25, 0.3) is 11.8 Å². The molecule has 1 aromatic heterocycles. The van der Waals surface area contributed by atoms with Crippen molar-refractivity contribution < 1.29 is 9.59 Å². The molecule has 0 bridgehead atoms. The van der Waals surface area contributed by atoms with Gasteiger partial charge >= 0.3 is 0 Å². The average molecular weight is 290 g/mol. The molecule has 5 heteroatoms. The molecule has 1 aliphatic rings. The number of aryl methyl sites for hydroxylation is 1. The van der Waals surface area contributed by atoms with Crippen molar-refractivity contribution in [3.8, 4) is 11.8 Å². The Morgan fingerprint density at radius 1 is 1.50 bits per heavy atom. The third-order valence-electron chi connectivity index (χ3n) is 3.34. The van der Waals surface area contributed by atoms with Gasteiger partial charge in [-0.15, -0.1) is 11.3 Å². The van der Waals surface area contributed by atoms with Gasteiger partial charge in [-0.05, 0) is 49.6 Å². The van der Waals surface area contributed by atoms with E-state index >= 15 is 0 Å². The Balaban J connectivity index is 1.99. The Labute approximate surface area is 123 Å². The van der Waals surface area contributed by atoms with Gasteiger partial charge in [0.15, 0.2) is 0 Å². The van der Waals surface area contributed by atoms with Gasteiger partial charge in [-0.25, -0.2) is 0 Å². The molecule has 4 nitrogen and oxygen atoms in total. The molecular weight excluding hydrogens is 272 g/mol. The fraction of sp³-hybridized carbons (Fsp3) is 0.467. The maximum Gasteiger partial charge on any atom is 0.296 e. The summed E-state index contributed by atoms with van der Waals surface area (Å²) in [5.74, 6) is 4.85. The van der Waals surface area contributed by atoms with Gasteiger partial charge in [-0.3, -0.25) is 9.59 Å². The van der Waals surface area contributed by atoms with Crippen molar-refractivity contribution in [2.45, 2.75) is 32.7 Å². The fourth-order valence-electron chi connectivity index (χ4n) is 2.35. The van der Waals surface area contributed by atoms with Crippen molar-refractivity contribution in [1.29, 1.82) is 0 Å². The lowest BCUT2D eigenvalue weighted by molar-refractivity contribution is -0.116. The predicted molar refractivity (Wildman–Crippen MR) is 79.6 cm³/mol. The van der Waals surface area contributed by atoms with Gasteiger partial charge in [0.1, 0.15) is 0 Å². The van der Waals surface area contributed by atoms with E-state index in [9.17, 15) is 9.59 Å². The first-order valence-corrected chi connectivity index (χ1v) is 7.56. The molecule has 20 heavy (non-hydrogen) atoms. The number of amides is 2. The van der Waals surface area contributed by atoms with Crippen molar-refractivity contribution in [3.63, 3.8) is 0 Å². The van der Waals surface area contributed by atoms with E-state index in [1.807, 2.05) is 23.3 Å². The lowest BCUT2D eigenvalue weighted by Crippen LogP contribution is -2.49. The van der Waals surface area contributed by atoms with Crippen LogP contribution in [0.2, 0.25) is 0 Å². The van der Waals surface area contributed by atoms with E-state index in [0.717, 1.165) is 29.8 Å². The second-order valence-corrected chi connectivity index (χ2v) is 5.79. The number of nitrogens with zero attached hydrogens (tertiary/aromatic N) is 1. The molecule has 1 aliphatic heterocycles. The summed E-state index contributed by atoms with van der Waals surface area (Å²) < 4.78 is 0. The van der Waals surface area contributed by atoms with E-state index in [1.54, 1.807) is 6.92 Å². The van der Waals surface area contributed by atoms with Gasteiger partial charge < -0.3 is 10.2 Å². The van der Waals surface area contributed by atoms with Gasteiger partial charge in [0, 0.05) is 19.1 Å². The van der Waals surface area contributed by atoms with Crippen LogP contribution in [0.5, 0.6) is 0 Å². The van der Waals surface area contributed by atoms with Gasteiger partial charge in [-0.2, -0.15) is 0 Å². The number of likely N-dealkylation sites (tertiary alicyclic amines) is 1. The molecule has 2 amide bonds. The van der Waals surface area contributed by atoms with Gasteiger partial charge in [0.05, 0.1) is 4.88 Å². The number of hydrogen-bond donors (Lipinski definition) is 1. The lowest BCUT2D eigenvalue weighted by Gasteiger charge is -2.32. The van der Waals surface area contributed by atoms with Crippen molar-refractivity contribution in [3.05, 3.63) is 21.9 Å². The molecular formula is C15H18N2O2S. The standard InChI is InChI=1S/C15H18N2O2S/c1-3-5-13(18)16-12-6-4-8-17(10-12)15(19)14-11(2)7-9-20-14/h7,9,12H,4,6,8,10H2,1-2H3,(H,16,18). The van der Waals surface area contributed by atoms with Crippen LogP contribution in [0, 0.1) is 18.8 Å². The smallest absolute Gasteiger partial charge is 0.296 e. The summed E-state index contributed by atoms with van der Waals surface area (Å²) in [4.78, 5) is 26.5. The lowest BCUT2D eigenvalue weighted by atomic mass is 10.1. The summed E-state index contributed by atoms with van der Waals surface area (Å²) >= 11 is 1.47. The highest BCUT2D eigenvalue weighted by atomic mass is 32.1. The van der Waals surface area contributed by atoms with Crippen LogP contribution in [-0.2, 0) is 4.79 Å². The topological polar surface area (TPSA) is 49.4 Å². The average Bonchev–Trinajstić information content (AvgIpc) is 2.84. The number of carbonyl (C=O) groups is 2. The Morgan fingerprint density at radius 2 is 2.30 bits per heavy atom. The largest absolute Gasteiger partial charge is 0.341 e. The molecule has 1 aromatic rings.